The monoisotopic (exact) mass is 276 g/mol. The summed E-state index contributed by atoms with van der Waals surface area (Å²) in [5.41, 5.74) is 8.50. The van der Waals surface area contributed by atoms with Crippen molar-refractivity contribution in [3.8, 4) is 12.3 Å². The molecule has 0 spiro atoms. The number of hydrogen-bond acceptors (Lipinski definition) is 2. The average Bonchev–Trinajstić information content (AvgIpc) is 3.30. The van der Waals surface area contributed by atoms with Crippen LogP contribution in [0.3, 0.4) is 0 Å². The quantitative estimate of drug-likeness (QED) is 0.669. The van der Waals surface area contributed by atoms with Crippen LogP contribution in [0.5, 0.6) is 0 Å². The predicted octanol–water partition coefficient (Wildman–Crippen LogP) is 2.92. The Labute approximate surface area is 124 Å². The van der Waals surface area contributed by atoms with Crippen LogP contribution in [0.15, 0.2) is 48.5 Å². The van der Waals surface area contributed by atoms with Gasteiger partial charge in [0.15, 0.2) is 0 Å². The van der Waals surface area contributed by atoms with E-state index >= 15 is 0 Å². The molecule has 21 heavy (non-hydrogen) atoms. The molecular formula is C18H16N2O. The largest absolute Gasteiger partial charge is 0.399 e. The molecule has 1 saturated carbocycles. The van der Waals surface area contributed by atoms with Gasteiger partial charge < -0.3 is 11.1 Å². The summed E-state index contributed by atoms with van der Waals surface area (Å²) in [5, 5.41) is 2.97. The third kappa shape index (κ3) is 2.48. The zero-order chi connectivity index (χ0) is 14.9. The van der Waals surface area contributed by atoms with Gasteiger partial charge in [-0.3, -0.25) is 4.79 Å². The molecule has 0 heterocycles. The van der Waals surface area contributed by atoms with Gasteiger partial charge in [0.05, 0.1) is 5.41 Å². The number of carbonyl (C=O) groups is 1. The molecule has 2 aromatic carbocycles. The van der Waals surface area contributed by atoms with E-state index < -0.39 is 5.41 Å². The Bertz CT molecular complexity index is 722. The number of nitrogen functional groups attached to an aromatic ring is 1. The minimum atomic E-state index is -0.417. The molecule has 1 amide bonds. The molecule has 3 N–H and O–H groups in total. The first-order valence-corrected chi connectivity index (χ1v) is 6.88. The lowest BCUT2D eigenvalue weighted by Gasteiger charge is -2.16. The maximum absolute atomic E-state index is 12.6. The van der Waals surface area contributed by atoms with Crippen LogP contribution in [0.25, 0.3) is 0 Å². The highest BCUT2D eigenvalue weighted by atomic mass is 16.2. The smallest absolute Gasteiger partial charge is 0.235 e. The van der Waals surface area contributed by atoms with E-state index in [1.54, 1.807) is 6.07 Å². The van der Waals surface area contributed by atoms with Gasteiger partial charge >= 0.3 is 0 Å². The molecule has 1 aliphatic rings. The number of terminal acetylenes is 1. The molecule has 2 aromatic rings. The van der Waals surface area contributed by atoms with Crippen LogP contribution in [-0.2, 0) is 10.2 Å². The number of anilines is 2. The minimum Gasteiger partial charge on any atom is -0.399 e. The van der Waals surface area contributed by atoms with E-state index in [9.17, 15) is 4.79 Å². The third-order valence-corrected chi connectivity index (χ3v) is 3.94. The van der Waals surface area contributed by atoms with Crippen molar-refractivity contribution >= 4 is 17.3 Å². The van der Waals surface area contributed by atoms with Crippen LogP contribution in [0, 0.1) is 12.3 Å². The van der Waals surface area contributed by atoms with E-state index in [0.717, 1.165) is 29.7 Å². The van der Waals surface area contributed by atoms with Gasteiger partial charge in [-0.2, -0.15) is 0 Å². The topological polar surface area (TPSA) is 55.1 Å². The zero-order valence-corrected chi connectivity index (χ0v) is 11.6. The van der Waals surface area contributed by atoms with Gasteiger partial charge in [0.25, 0.3) is 0 Å². The molecule has 0 aromatic heterocycles. The highest BCUT2D eigenvalue weighted by Crippen LogP contribution is 2.49. The molecule has 0 unspecified atom stereocenters. The van der Waals surface area contributed by atoms with E-state index in [0.29, 0.717) is 5.69 Å². The summed E-state index contributed by atoms with van der Waals surface area (Å²) in [4.78, 5) is 12.6. The first-order chi connectivity index (χ1) is 10.1. The second-order valence-corrected chi connectivity index (χ2v) is 5.38. The fourth-order valence-electron chi connectivity index (χ4n) is 2.51. The summed E-state index contributed by atoms with van der Waals surface area (Å²) < 4.78 is 0. The van der Waals surface area contributed by atoms with Crippen molar-refractivity contribution in [3.05, 3.63) is 59.7 Å². The van der Waals surface area contributed by atoms with Gasteiger partial charge in [-0.05, 0) is 48.7 Å². The van der Waals surface area contributed by atoms with Crippen molar-refractivity contribution in [2.45, 2.75) is 18.3 Å². The maximum Gasteiger partial charge on any atom is 0.235 e. The molecule has 3 heteroatoms. The zero-order valence-electron chi connectivity index (χ0n) is 11.6. The first kappa shape index (κ1) is 13.3. The van der Waals surface area contributed by atoms with E-state index in [1.165, 1.54) is 0 Å². The standard InChI is InChI=1S/C18H16N2O/c1-2-13-4-3-5-16(12-13)20-17(21)18(10-11-18)14-6-8-15(19)9-7-14/h1,3-9,12H,10-11,19H2,(H,20,21). The Kier molecular flexibility index (Phi) is 3.15. The van der Waals surface area contributed by atoms with Gasteiger partial charge in [-0.15, -0.1) is 6.42 Å². The fraction of sp³-hybridized carbons (Fsp3) is 0.167. The molecule has 3 rings (SSSR count). The Balaban J connectivity index is 1.82. The average molecular weight is 276 g/mol. The molecule has 1 aliphatic carbocycles. The second kappa shape index (κ2) is 4.99. The molecule has 0 radical (unpaired) electrons. The lowest BCUT2D eigenvalue weighted by Crippen LogP contribution is -2.27. The van der Waals surface area contributed by atoms with Crippen LogP contribution in [0.4, 0.5) is 11.4 Å². The number of nitrogens with two attached hydrogens (primary N) is 1. The number of nitrogens with one attached hydrogen (secondary N) is 1. The van der Waals surface area contributed by atoms with Crippen LogP contribution in [-0.4, -0.2) is 5.91 Å². The van der Waals surface area contributed by atoms with Crippen molar-refractivity contribution in [3.63, 3.8) is 0 Å². The van der Waals surface area contributed by atoms with Crippen molar-refractivity contribution in [1.82, 2.24) is 0 Å². The Morgan fingerprint density at radius 1 is 1.19 bits per heavy atom. The molecular weight excluding hydrogens is 260 g/mol. The summed E-state index contributed by atoms with van der Waals surface area (Å²) in [5.74, 6) is 2.58. The normalized spacial score (nSPS) is 15.0. The number of amides is 1. The number of benzene rings is 2. The molecule has 1 fully saturated rings. The molecule has 0 atom stereocenters. The summed E-state index contributed by atoms with van der Waals surface area (Å²) in [7, 11) is 0. The van der Waals surface area contributed by atoms with Gasteiger partial charge in [-0.1, -0.05) is 24.1 Å². The van der Waals surface area contributed by atoms with E-state index in [-0.39, 0.29) is 5.91 Å². The van der Waals surface area contributed by atoms with Gasteiger partial charge in [0.1, 0.15) is 0 Å². The van der Waals surface area contributed by atoms with E-state index in [1.807, 2.05) is 42.5 Å². The molecule has 0 saturated heterocycles. The van der Waals surface area contributed by atoms with Crippen LogP contribution in [0.1, 0.15) is 24.0 Å². The predicted molar refractivity (Wildman–Crippen MR) is 84.8 cm³/mol. The van der Waals surface area contributed by atoms with Crippen LogP contribution < -0.4 is 11.1 Å². The Morgan fingerprint density at radius 2 is 1.90 bits per heavy atom. The van der Waals surface area contributed by atoms with E-state index in [2.05, 4.69) is 11.2 Å². The summed E-state index contributed by atoms with van der Waals surface area (Å²) in [6.45, 7) is 0. The van der Waals surface area contributed by atoms with Gasteiger partial charge in [0.2, 0.25) is 5.91 Å². The van der Waals surface area contributed by atoms with Crippen LogP contribution in [0.2, 0.25) is 0 Å². The fourth-order valence-corrected chi connectivity index (χ4v) is 2.51. The minimum absolute atomic E-state index is 0.0152. The Morgan fingerprint density at radius 3 is 2.52 bits per heavy atom. The van der Waals surface area contributed by atoms with Gasteiger partial charge in [-0.25, -0.2) is 0 Å². The lowest BCUT2D eigenvalue weighted by molar-refractivity contribution is -0.118. The number of carbonyl (C=O) groups excluding carboxylic acids is 1. The summed E-state index contributed by atoms with van der Waals surface area (Å²) in [6, 6.07) is 14.9. The lowest BCUT2D eigenvalue weighted by atomic mass is 9.94. The van der Waals surface area contributed by atoms with E-state index in [4.69, 9.17) is 12.2 Å². The van der Waals surface area contributed by atoms with Crippen molar-refractivity contribution in [2.24, 2.45) is 0 Å². The van der Waals surface area contributed by atoms with Crippen molar-refractivity contribution in [2.75, 3.05) is 11.1 Å². The summed E-state index contributed by atoms with van der Waals surface area (Å²) in [6.07, 6.45) is 7.10. The highest BCUT2D eigenvalue weighted by Gasteiger charge is 2.51. The van der Waals surface area contributed by atoms with Crippen molar-refractivity contribution in [1.29, 1.82) is 0 Å². The third-order valence-electron chi connectivity index (χ3n) is 3.94. The maximum atomic E-state index is 12.6. The first-order valence-electron chi connectivity index (χ1n) is 6.88. The number of hydrogen-bond donors (Lipinski definition) is 2. The molecule has 3 nitrogen and oxygen atoms in total. The number of rotatable bonds is 3. The Hall–Kier alpha value is -2.73. The molecule has 0 aliphatic heterocycles. The molecule has 0 bridgehead atoms. The highest BCUT2D eigenvalue weighted by molar-refractivity contribution is 6.01. The van der Waals surface area contributed by atoms with Crippen LogP contribution >= 0.6 is 0 Å². The second-order valence-electron chi connectivity index (χ2n) is 5.38. The van der Waals surface area contributed by atoms with Crippen molar-refractivity contribution < 1.29 is 4.79 Å². The summed E-state index contributed by atoms with van der Waals surface area (Å²) >= 11 is 0. The SMILES string of the molecule is C#Cc1cccc(NC(=O)C2(c3ccc(N)cc3)CC2)c1. The van der Waals surface area contributed by atoms with Gasteiger partial charge in [0, 0.05) is 16.9 Å². The molecule has 104 valence electrons.